The van der Waals surface area contributed by atoms with E-state index in [9.17, 15) is 18.0 Å². The number of halogens is 7. The number of benzene rings is 9. The summed E-state index contributed by atoms with van der Waals surface area (Å²) >= 11 is 24.4. The van der Waals surface area contributed by atoms with E-state index in [2.05, 4.69) is 111 Å². The minimum atomic E-state index is -0.242. The van der Waals surface area contributed by atoms with E-state index in [1.165, 1.54) is 24.3 Å². The zero-order chi connectivity index (χ0) is 99.8. The number of ether oxygens (including phenoxy) is 5. The van der Waals surface area contributed by atoms with Gasteiger partial charge in [-0.1, -0.05) is 198 Å². The molecule has 0 atom stereocenters. The first-order valence-corrected chi connectivity index (χ1v) is 50.7. The highest BCUT2D eigenvalue weighted by Gasteiger charge is 2.29. The van der Waals surface area contributed by atoms with Gasteiger partial charge in [0.2, 0.25) is 5.78 Å². The van der Waals surface area contributed by atoms with E-state index in [4.69, 9.17) is 90.0 Å². The van der Waals surface area contributed by atoms with Crippen LogP contribution in [0.15, 0.2) is 316 Å². The van der Waals surface area contributed by atoms with E-state index >= 15 is 0 Å². The molecule has 0 bridgehead atoms. The van der Waals surface area contributed by atoms with Gasteiger partial charge in [-0.2, -0.15) is 0 Å². The van der Waals surface area contributed by atoms with Gasteiger partial charge in [-0.25, -0.2) is 43.1 Å². The minimum Gasteiger partial charge on any atom is -0.379 e. The maximum absolute atomic E-state index is 14.4. The van der Waals surface area contributed by atoms with Gasteiger partial charge in [0.25, 0.3) is 5.91 Å². The number of carbonyl (C=O) groups excluding carboxylic acids is 1. The van der Waals surface area contributed by atoms with E-state index in [1.54, 1.807) is 36.4 Å². The van der Waals surface area contributed by atoms with Crippen molar-refractivity contribution in [1.29, 1.82) is 0 Å². The molecule has 0 aliphatic carbocycles. The summed E-state index contributed by atoms with van der Waals surface area (Å²) in [6.45, 7) is 22.5. The first-order valence-electron chi connectivity index (χ1n) is 49.2. The molecule has 9 aromatic carbocycles. The number of morpholine rings is 5. The Bertz CT molecular complexity index is 7680. The number of amides is 1. The fraction of sp³-hybridized carbons (Fsp3) is 0.233. The fourth-order valence-corrected chi connectivity index (χ4v) is 19.3. The first-order chi connectivity index (χ1) is 71.6. The van der Waals surface area contributed by atoms with Gasteiger partial charge in [0, 0.05) is 201 Å². The van der Waals surface area contributed by atoms with Crippen molar-refractivity contribution in [1.82, 2.24) is 81.7 Å². The van der Waals surface area contributed by atoms with Crippen molar-refractivity contribution < 1.29 is 41.7 Å². The molecule has 23 nitrogen and oxygen atoms in total. The summed E-state index contributed by atoms with van der Waals surface area (Å²) in [5.74, 6) is -0.123. The van der Waals surface area contributed by atoms with Crippen LogP contribution in [0.25, 0.3) is 129 Å². The van der Waals surface area contributed by atoms with E-state index in [0.717, 1.165) is 309 Å². The Labute approximate surface area is 864 Å². The molecule has 5 aliphatic heterocycles. The van der Waals surface area contributed by atoms with Crippen molar-refractivity contribution in [3.8, 4) is 101 Å². The Hall–Kier alpha value is -13.6. The molecule has 5 aliphatic rings. The topological polar surface area (TPSA) is 191 Å². The number of nitrogens with zero attached hydrogens (tertiary/aromatic N) is 16. The SMILES string of the molecule is CCNC(=O)c1nc2ccc(-c3ccccc3)cn2c1CN1CCOCC1.Clc1ccc(-c2nc3ncc(-c4ccccc4)cn3c2CN2CCOCC2)cc1.Fc1ccc(-c2ccc3nc(-c4ccc(Cl)cc4)c(CN4CCOCC4)n3c2)cc1.Fc1cccc(-c2ccc3nc(-c4ccc(Cl)cc4)c(CN4CCOCC4)n3c2)c1.Fc1ccccc1-c1ccc2nc(-c3ccc(Cl)cc3)c(CN3CCOCC3)n2c1. The van der Waals surface area contributed by atoms with Crippen molar-refractivity contribution in [2.45, 2.75) is 39.6 Å². The largest absolute Gasteiger partial charge is 0.379 e. The normalized spacial score (nSPS) is 15.0. The van der Waals surface area contributed by atoms with Gasteiger partial charge < -0.3 is 46.6 Å². The number of rotatable bonds is 21. The summed E-state index contributed by atoms with van der Waals surface area (Å²) in [6.07, 6.45) is 12.2. The lowest BCUT2D eigenvalue weighted by Crippen LogP contribution is -2.36. The Morgan fingerprint density at radius 1 is 0.295 bits per heavy atom. The first kappa shape index (κ1) is 99.7. The Morgan fingerprint density at radius 2 is 0.603 bits per heavy atom. The van der Waals surface area contributed by atoms with Crippen molar-refractivity contribution in [2.75, 3.05) is 138 Å². The maximum atomic E-state index is 14.4. The molecule has 0 spiro atoms. The van der Waals surface area contributed by atoms with Gasteiger partial charge in [0.1, 0.15) is 40.0 Å². The van der Waals surface area contributed by atoms with Gasteiger partial charge in [0.05, 0.1) is 117 Å². The number of nitrogens with one attached hydrogen (secondary N) is 1. The summed E-state index contributed by atoms with van der Waals surface area (Å²) in [6, 6.07) is 87.7. The van der Waals surface area contributed by atoms with Crippen LogP contribution in [0.2, 0.25) is 20.1 Å². The van der Waals surface area contributed by atoms with Gasteiger partial charge >= 0.3 is 0 Å². The monoisotopic (exact) mass is 2030 g/mol. The molecule has 24 rings (SSSR count). The number of aromatic nitrogens is 11. The maximum Gasteiger partial charge on any atom is 0.271 e. The summed E-state index contributed by atoms with van der Waals surface area (Å²) < 4.78 is 79.6. The molecule has 15 heterocycles. The van der Waals surface area contributed by atoms with Crippen molar-refractivity contribution in [3.05, 3.63) is 388 Å². The molecule has 5 saturated heterocycles. The van der Waals surface area contributed by atoms with Gasteiger partial charge in [-0.15, -0.1) is 0 Å². The van der Waals surface area contributed by atoms with E-state index in [1.807, 2.05) is 214 Å². The molecule has 0 saturated carbocycles. The molecule has 1 amide bonds. The standard InChI is InChI=1S/3C24H21ClFN3O.C23H21ClN4O.C21H24N4O2/c25-20-6-1-18(2-7-20)24-22(16-28-11-13-30-14-12-28)29-15-19(5-10-23(29)27-24)17-3-8-21(26)9-4-17;25-20-7-4-17(5-8-20)24-22(16-28-10-12-30-13-11-28)29-15-19(6-9-23(29)27-24)18-2-1-3-21(26)14-18;25-19-8-5-17(6-9-19)24-22(16-28-11-13-30-14-12-28)29-15-18(7-10-23(29)27-24)20-3-1-2-4-21(20)26;24-20-8-6-18(7-9-20)22-21(16-27-10-12-29-13-11-27)28-15-19(14-25-23(28)26-22)17-4-2-1-3-5-17;1-2-22-21(26)20-18(15-24-10-12-27-13-11-24)25-14-17(8-9-19(25)23-20)16-6-4-3-5-7-16/h1-10,15H,11-14,16H2;1-9,14-15H,10-13,16H2;1-10,15H,11-14,16H2;1-9,14-15H,10-13,16H2;3-9,14H,2,10-13,15H2,1H3,(H,22,26). The molecule has 30 heteroatoms. The van der Waals surface area contributed by atoms with Crippen LogP contribution in [0.5, 0.6) is 0 Å². The third-order valence-corrected chi connectivity index (χ3v) is 27.6. The number of pyridine rings is 4. The lowest BCUT2D eigenvalue weighted by atomic mass is 10.1. The highest BCUT2D eigenvalue weighted by Crippen LogP contribution is 2.38. The zero-order valence-corrected chi connectivity index (χ0v) is 83.7. The van der Waals surface area contributed by atoms with E-state index in [-0.39, 0.29) is 23.4 Å². The third-order valence-electron chi connectivity index (χ3n) is 26.6. The zero-order valence-electron chi connectivity index (χ0n) is 80.7. The summed E-state index contributed by atoms with van der Waals surface area (Å²) in [7, 11) is 0. The smallest absolute Gasteiger partial charge is 0.271 e. The Balaban J connectivity index is 0.000000111. The molecular weight excluding hydrogens is 1930 g/mol. The minimum absolute atomic E-state index is 0.120. The summed E-state index contributed by atoms with van der Waals surface area (Å²) in [5.41, 5.74) is 26.8. The predicted molar refractivity (Wildman–Crippen MR) is 571 cm³/mol. The molecule has 1 N–H and O–H groups in total. The second-order valence-electron chi connectivity index (χ2n) is 36.2. The molecule has 5 fully saturated rings. The Kier molecular flexibility index (Phi) is 32.3. The van der Waals surface area contributed by atoms with Gasteiger partial charge in [-0.3, -0.25) is 33.7 Å². The predicted octanol–water partition coefficient (Wildman–Crippen LogP) is 23.0. The second kappa shape index (κ2) is 47.3. The number of fused-ring (bicyclic) bond motifs is 5. The molecule has 146 heavy (non-hydrogen) atoms. The summed E-state index contributed by atoms with van der Waals surface area (Å²) in [5, 5.41) is 5.71. The highest BCUT2D eigenvalue weighted by atomic mass is 35.5. The molecule has 19 aromatic rings. The number of hydrogen-bond acceptors (Lipinski definition) is 17. The van der Waals surface area contributed by atoms with Crippen molar-refractivity contribution in [2.24, 2.45) is 0 Å². The molecule has 0 unspecified atom stereocenters. The van der Waals surface area contributed by atoms with Crippen LogP contribution in [0.4, 0.5) is 13.2 Å². The van der Waals surface area contributed by atoms with E-state index in [0.29, 0.717) is 45.2 Å². The van der Waals surface area contributed by atoms with Crippen molar-refractivity contribution in [3.63, 3.8) is 0 Å². The van der Waals surface area contributed by atoms with Crippen molar-refractivity contribution >= 4 is 80.7 Å². The molecular formula is C116H108Cl4F3N17O6. The lowest BCUT2D eigenvalue weighted by Gasteiger charge is -2.26. The van der Waals surface area contributed by atoms with Crippen LogP contribution in [0.3, 0.4) is 0 Å². The fourth-order valence-electron chi connectivity index (χ4n) is 18.8. The van der Waals surface area contributed by atoms with Gasteiger partial charge in [0.15, 0.2) is 5.69 Å². The van der Waals surface area contributed by atoms with Crippen LogP contribution in [0, 0.1) is 17.5 Å². The van der Waals surface area contributed by atoms with Crippen LogP contribution >= 0.6 is 46.4 Å². The van der Waals surface area contributed by atoms with Crippen LogP contribution in [-0.4, -0.2) is 220 Å². The van der Waals surface area contributed by atoms with Gasteiger partial charge in [-0.05, 0) is 173 Å². The van der Waals surface area contributed by atoms with Crippen LogP contribution in [0.1, 0.15) is 45.9 Å². The molecule has 742 valence electrons. The summed E-state index contributed by atoms with van der Waals surface area (Å²) in [4.78, 5) is 53.3. The third kappa shape index (κ3) is 24.0. The average Bonchev–Trinajstić information content (AvgIpc) is 1.64. The van der Waals surface area contributed by atoms with E-state index < -0.39 is 0 Å². The Morgan fingerprint density at radius 3 is 1.00 bits per heavy atom. The quantitative estimate of drug-likeness (QED) is 0.0714. The number of hydrogen-bond donors (Lipinski definition) is 1. The molecule has 0 radical (unpaired) electrons. The van der Waals surface area contributed by atoms with Crippen LogP contribution in [-0.2, 0) is 56.4 Å². The second-order valence-corrected chi connectivity index (χ2v) is 37.9. The highest BCUT2D eigenvalue weighted by molar-refractivity contribution is 6.31. The molecule has 10 aromatic heterocycles. The number of imidazole rings is 5. The lowest BCUT2D eigenvalue weighted by molar-refractivity contribution is 0.0333. The van der Waals surface area contributed by atoms with Crippen LogP contribution < -0.4 is 5.32 Å². The number of carbonyl (C=O) groups is 1. The average molecular weight is 2040 g/mol.